The van der Waals surface area contributed by atoms with Gasteiger partial charge in [0, 0.05) is 17.2 Å². The van der Waals surface area contributed by atoms with E-state index in [1.807, 2.05) is 6.92 Å². The zero-order valence-corrected chi connectivity index (χ0v) is 10.7. The Hall–Kier alpha value is -1.62. The van der Waals surface area contributed by atoms with E-state index in [9.17, 15) is 14.3 Å². The van der Waals surface area contributed by atoms with Gasteiger partial charge >= 0.3 is 5.97 Å². The molecule has 0 fully saturated rings. The van der Waals surface area contributed by atoms with E-state index in [0.29, 0.717) is 17.7 Å². The van der Waals surface area contributed by atoms with Crippen LogP contribution in [0.3, 0.4) is 0 Å². The molecule has 0 saturated carbocycles. The van der Waals surface area contributed by atoms with Gasteiger partial charge in [0.05, 0.1) is 13.7 Å². The summed E-state index contributed by atoms with van der Waals surface area (Å²) in [6.45, 7) is 3.62. The van der Waals surface area contributed by atoms with Gasteiger partial charge in [0.15, 0.2) is 6.10 Å². The largest absolute Gasteiger partial charge is 0.496 e. The molecule has 0 spiro atoms. The van der Waals surface area contributed by atoms with Gasteiger partial charge in [0.2, 0.25) is 0 Å². The molecule has 0 amide bonds. The molecular formula is C13H17FO4. The third-order valence-corrected chi connectivity index (χ3v) is 2.59. The van der Waals surface area contributed by atoms with Gasteiger partial charge < -0.3 is 14.6 Å². The minimum absolute atomic E-state index is 0.157. The van der Waals surface area contributed by atoms with Crippen molar-refractivity contribution in [3.8, 4) is 5.75 Å². The molecule has 18 heavy (non-hydrogen) atoms. The van der Waals surface area contributed by atoms with Crippen LogP contribution in [-0.2, 0) is 16.0 Å². The number of carbonyl (C=O) groups is 1. The summed E-state index contributed by atoms with van der Waals surface area (Å²) < 4.78 is 23.2. The van der Waals surface area contributed by atoms with Crippen molar-refractivity contribution in [3.63, 3.8) is 0 Å². The number of rotatable bonds is 5. The minimum Gasteiger partial charge on any atom is -0.496 e. The number of aliphatic hydroxyl groups excluding tert-OH is 1. The number of carbonyl (C=O) groups excluding carboxylic acids is 1. The standard InChI is InChI=1S/C13H17FO4/c1-4-9-10(12(15)13(16)18-5-2)6-8(14)7-11(9)17-3/h6-7,12,15H,4-5H2,1-3H3. The maximum absolute atomic E-state index is 13.4. The van der Waals surface area contributed by atoms with Crippen molar-refractivity contribution in [3.05, 3.63) is 29.1 Å². The van der Waals surface area contributed by atoms with E-state index in [1.165, 1.54) is 13.2 Å². The Bertz CT molecular complexity index is 431. The monoisotopic (exact) mass is 256 g/mol. The summed E-state index contributed by atoms with van der Waals surface area (Å²) in [5, 5.41) is 9.88. The van der Waals surface area contributed by atoms with Gasteiger partial charge in [-0.25, -0.2) is 9.18 Å². The highest BCUT2D eigenvalue weighted by Gasteiger charge is 2.24. The van der Waals surface area contributed by atoms with Gasteiger partial charge in [-0.1, -0.05) is 6.92 Å². The molecule has 4 nitrogen and oxygen atoms in total. The molecule has 0 aromatic heterocycles. The molecule has 0 saturated heterocycles. The Balaban J connectivity index is 3.21. The van der Waals surface area contributed by atoms with Crippen LogP contribution in [0.1, 0.15) is 31.1 Å². The van der Waals surface area contributed by atoms with Crippen LogP contribution in [-0.4, -0.2) is 24.8 Å². The highest BCUT2D eigenvalue weighted by atomic mass is 19.1. The van der Waals surface area contributed by atoms with Crippen molar-refractivity contribution in [2.24, 2.45) is 0 Å². The summed E-state index contributed by atoms with van der Waals surface area (Å²) in [6, 6.07) is 2.35. The fourth-order valence-electron chi connectivity index (χ4n) is 1.78. The number of halogens is 1. The summed E-state index contributed by atoms with van der Waals surface area (Å²) in [4.78, 5) is 11.5. The van der Waals surface area contributed by atoms with Crippen molar-refractivity contribution in [2.75, 3.05) is 13.7 Å². The molecule has 0 aliphatic rings. The van der Waals surface area contributed by atoms with Gasteiger partial charge in [-0.3, -0.25) is 0 Å². The van der Waals surface area contributed by atoms with Crippen LogP contribution < -0.4 is 4.74 Å². The van der Waals surface area contributed by atoms with E-state index in [1.54, 1.807) is 6.92 Å². The smallest absolute Gasteiger partial charge is 0.339 e. The number of benzene rings is 1. The molecule has 0 aliphatic carbocycles. The molecule has 1 aromatic rings. The number of aliphatic hydroxyl groups is 1. The molecular weight excluding hydrogens is 239 g/mol. The zero-order valence-electron chi connectivity index (χ0n) is 10.7. The van der Waals surface area contributed by atoms with Crippen LogP contribution in [0.5, 0.6) is 5.75 Å². The third kappa shape index (κ3) is 2.98. The van der Waals surface area contributed by atoms with Crippen LogP contribution in [0.4, 0.5) is 4.39 Å². The van der Waals surface area contributed by atoms with Gasteiger partial charge in [-0.2, -0.15) is 0 Å². The predicted octanol–water partition coefficient (Wildman–Crippen LogP) is 1.99. The van der Waals surface area contributed by atoms with E-state index in [2.05, 4.69) is 0 Å². The quantitative estimate of drug-likeness (QED) is 0.819. The molecule has 1 unspecified atom stereocenters. The first-order valence-corrected chi connectivity index (χ1v) is 5.76. The Morgan fingerprint density at radius 2 is 2.11 bits per heavy atom. The normalized spacial score (nSPS) is 12.1. The van der Waals surface area contributed by atoms with Crippen molar-refractivity contribution in [1.29, 1.82) is 0 Å². The fourth-order valence-corrected chi connectivity index (χ4v) is 1.78. The average Bonchev–Trinajstić information content (AvgIpc) is 2.36. The first-order chi connectivity index (χ1) is 8.54. The van der Waals surface area contributed by atoms with Crippen molar-refractivity contribution >= 4 is 5.97 Å². The van der Waals surface area contributed by atoms with Crippen molar-refractivity contribution < 1.29 is 23.8 Å². The number of hydrogen-bond acceptors (Lipinski definition) is 4. The van der Waals surface area contributed by atoms with Crippen LogP contribution in [0.15, 0.2) is 12.1 Å². The summed E-state index contributed by atoms with van der Waals surface area (Å²) in [5.74, 6) is -1.04. The molecule has 0 radical (unpaired) electrons. The number of esters is 1. The van der Waals surface area contributed by atoms with Crippen molar-refractivity contribution in [1.82, 2.24) is 0 Å². The lowest BCUT2D eigenvalue weighted by molar-refractivity contribution is -0.153. The second-order valence-corrected chi connectivity index (χ2v) is 3.68. The van der Waals surface area contributed by atoms with Gasteiger partial charge in [0.1, 0.15) is 11.6 Å². The van der Waals surface area contributed by atoms with Crippen LogP contribution in [0.25, 0.3) is 0 Å². The molecule has 1 aromatic carbocycles. The van der Waals surface area contributed by atoms with E-state index >= 15 is 0 Å². The van der Waals surface area contributed by atoms with Crippen molar-refractivity contribution in [2.45, 2.75) is 26.4 Å². The molecule has 1 atom stereocenters. The van der Waals surface area contributed by atoms with E-state index in [-0.39, 0.29) is 12.2 Å². The maximum Gasteiger partial charge on any atom is 0.339 e. The molecule has 100 valence electrons. The number of methoxy groups -OCH3 is 1. The van der Waals surface area contributed by atoms with E-state index in [4.69, 9.17) is 9.47 Å². The lowest BCUT2D eigenvalue weighted by Gasteiger charge is -2.16. The zero-order chi connectivity index (χ0) is 13.7. The Labute approximate surface area is 105 Å². The van der Waals surface area contributed by atoms with Crippen LogP contribution in [0.2, 0.25) is 0 Å². The summed E-state index contributed by atoms with van der Waals surface area (Å²) >= 11 is 0. The minimum atomic E-state index is -1.50. The molecule has 1 N–H and O–H groups in total. The SMILES string of the molecule is CCOC(=O)C(O)c1cc(F)cc(OC)c1CC. The third-order valence-electron chi connectivity index (χ3n) is 2.59. The van der Waals surface area contributed by atoms with Gasteiger partial charge in [-0.15, -0.1) is 0 Å². The highest BCUT2D eigenvalue weighted by Crippen LogP contribution is 2.29. The molecule has 5 heteroatoms. The van der Waals surface area contributed by atoms with E-state index < -0.39 is 17.9 Å². The number of ether oxygens (including phenoxy) is 2. The Morgan fingerprint density at radius 3 is 2.61 bits per heavy atom. The summed E-state index contributed by atoms with van der Waals surface area (Å²) in [6.07, 6.45) is -0.987. The van der Waals surface area contributed by atoms with Crippen LogP contribution >= 0.6 is 0 Å². The topological polar surface area (TPSA) is 55.8 Å². The average molecular weight is 256 g/mol. The van der Waals surface area contributed by atoms with Gasteiger partial charge in [-0.05, 0) is 19.4 Å². The molecule has 1 rings (SSSR count). The Morgan fingerprint density at radius 1 is 1.44 bits per heavy atom. The maximum atomic E-state index is 13.4. The highest BCUT2D eigenvalue weighted by molar-refractivity contribution is 5.77. The van der Waals surface area contributed by atoms with Crippen LogP contribution in [0, 0.1) is 5.82 Å². The first-order valence-electron chi connectivity index (χ1n) is 5.76. The predicted molar refractivity (Wildman–Crippen MR) is 63.9 cm³/mol. The second-order valence-electron chi connectivity index (χ2n) is 3.68. The molecule has 0 heterocycles. The Kier molecular flexibility index (Phi) is 5.09. The lowest BCUT2D eigenvalue weighted by Crippen LogP contribution is -2.17. The summed E-state index contributed by atoms with van der Waals surface area (Å²) in [5.41, 5.74) is 0.784. The molecule has 0 aliphatic heterocycles. The fraction of sp³-hybridized carbons (Fsp3) is 0.462. The second kappa shape index (κ2) is 6.35. The van der Waals surface area contributed by atoms with Gasteiger partial charge in [0.25, 0.3) is 0 Å². The first kappa shape index (κ1) is 14.4. The summed E-state index contributed by atoms with van der Waals surface area (Å²) in [7, 11) is 1.41. The lowest BCUT2D eigenvalue weighted by atomic mass is 9.99. The van der Waals surface area contributed by atoms with E-state index in [0.717, 1.165) is 6.07 Å². The number of hydrogen-bond donors (Lipinski definition) is 1. The molecule has 0 bridgehead atoms.